The number of carbonyl (C=O) groups excluding carboxylic acids is 1. The maximum atomic E-state index is 11.9. The molecule has 0 aliphatic heterocycles. The molecule has 0 spiro atoms. The van der Waals surface area contributed by atoms with E-state index in [4.69, 9.17) is 11.6 Å². The number of rotatable bonds is 3. The van der Waals surface area contributed by atoms with Gasteiger partial charge in [-0.1, -0.05) is 29.8 Å². The molecule has 1 N–H and O–H groups in total. The summed E-state index contributed by atoms with van der Waals surface area (Å²) >= 11 is 5.68. The van der Waals surface area contributed by atoms with Crippen LogP contribution < -0.4 is 5.32 Å². The summed E-state index contributed by atoms with van der Waals surface area (Å²) in [5, 5.41) is 13.3. The zero-order chi connectivity index (χ0) is 13.8. The number of nitro benzene ring substituents is 1. The Morgan fingerprint density at radius 3 is 2.74 bits per heavy atom. The predicted octanol–water partition coefficient (Wildman–Crippen LogP) is 3.30. The number of halogens is 1. The summed E-state index contributed by atoms with van der Waals surface area (Å²) in [6, 6.07) is 13.5. The normalized spacial score (nSPS) is 9.95. The third-order valence-electron chi connectivity index (χ3n) is 2.36. The fourth-order valence-corrected chi connectivity index (χ4v) is 1.65. The summed E-state index contributed by atoms with van der Waals surface area (Å²) in [7, 11) is 0. The molecule has 1 radical (unpaired) electrons. The van der Waals surface area contributed by atoms with E-state index < -0.39 is 10.8 Å². The van der Waals surface area contributed by atoms with Crippen molar-refractivity contribution in [1.29, 1.82) is 0 Å². The van der Waals surface area contributed by atoms with E-state index in [1.807, 2.05) is 0 Å². The Kier molecular flexibility index (Phi) is 3.77. The van der Waals surface area contributed by atoms with Gasteiger partial charge in [0.15, 0.2) is 0 Å². The van der Waals surface area contributed by atoms with Gasteiger partial charge in [0, 0.05) is 23.4 Å². The number of amides is 1. The van der Waals surface area contributed by atoms with Gasteiger partial charge in [-0.15, -0.1) is 0 Å². The number of benzene rings is 2. The molecule has 0 bridgehead atoms. The second-order valence-electron chi connectivity index (χ2n) is 3.65. The smallest absolute Gasteiger partial charge is 0.288 e. The summed E-state index contributed by atoms with van der Waals surface area (Å²) in [5.41, 5.74) is 0.352. The summed E-state index contributed by atoms with van der Waals surface area (Å²) in [4.78, 5) is 22.0. The highest BCUT2D eigenvalue weighted by Crippen LogP contribution is 2.25. The van der Waals surface area contributed by atoms with Crippen molar-refractivity contribution in [2.45, 2.75) is 0 Å². The lowest BCUT2D eigenvalue weighted by Crippen LogP contribution is -2.12. The molecule has 6 heteroatoms. The number of nitrogens with zero attached hydrogens (tertiary/aromatic N) is 1. The first-order chi connectivity index (χ1) is 9.08. The maximum absolute atomic E-state index is 11.9. The third kappa shape index (κ3) is 3.08. The van der Waals surface area contributed by atoms with Gasteiger partial charge < -0.3 is 5.32 Å². The Labute approximate surface area is 114 Å². The van der Waals surface area contributed by atoms with E-state index in [0.717, 1.165) is 6.07 Å². The number of hydrogen-bond acceptors (Lipinski definition) is 3. The highest BCUT2D eigenvalue weighted by atomic mass is 35.5. The van der Waals surface area contributed by atoms with E-state index in [-0.39, 0.29) is 16.3 Å². The largest absolute Gasteiger partial charge is 0.321 e. The van der Waals surface area contributed by atoms with E-state index in [0.29, 0.717) is 5.69 Å². The van der Waals surface area contributed by atoms with Crippen LogP contribution in [0, 0.1) is 16.2 Å². The molecular weight excluding hydrogens is 268 g/mol. The molecular formula is C13H8ClN2O3. The van der Waals surface area contributed by atoms with Crippen LogP contribution >= 0.6 is 11.6 Å². The average molecular weight is 276 g/mol. The van der Waals surface area contributed by atoms with Crippen LogP contribution in [0.2, 0.25) is 5.02 Å². The van der Waals surface area contributed by atoms with Gasteiger partial charge in [0.25, 0.3) is 11.6 Å². The van der Waals surface area contributed by atoms with E-state index in [1.54, 1.807) is 24.3 Å². The summed E-state index contributed by atoms with van der Waals surface area (Å²) in [5.74, 6) is -0.456. The minimum Gasteiger partial charge on any atom is -0.321 e. The Bertz CT molecular complexity index is 629. The van der Waals surface area contributed by atoms with Crippen molar-refractivity contribution in [1.82, 2.24) is 0 Å². The number of nitrogens with one attached hydrogen (secondary N) is 1. The van der Waals surface area contributed by atoms with Crippen molar-refractivity contribution in [3.05, 3.63) is 69.2 Å². The molecule has 0 atom stereocenters. The monoisotopic (exact) mass is 275 g/mol. The van der Waals surface area contributed by atoms with Crippen molar-refractivity contribution < 1.29 is 9.72 Å². The van der Waals surface area contributed by atoms with Gasteiger partial charge in [0.1, 0.15) is 5.02 Å². The van der Waals surface area contributed by atoms with E-state index in [1.165, 1.54) is 12.1 Å². The molecule has 95 valence electrons. The van der Waals surface area contributed by atoms with Gasteiger partial charge in [0.2, 0.25) is 0 Å². The zero-order valence-corrected chi connectivity index (χ0v) is 10.3. The minimum atomic E-state index is -0.631. The summed E-state index contributed by atoms with van der Waals surface area (Å²) < 4.78 is 0. The molecule has 0 fully saturated rings. The number of carbonyl (C=O) groups is 1. The fraction of sp³-hybridized carbons (Fsp3) is 0. The lowest BCUT2D eigenvalue weighted by Gasteiger charge is -2.05. The molecule has 19 heavy (non-hydrogen) atoms. The summed E-state index contributed by atoms with van der Waals surface area (Å²) in [6.45, 7) is 0. The van der Waals surface area contributed by atoms with Gasteiger partial charge in [-0.2, -0.15) is 0 Å². The highest BCUT2D eigenvalue weighted by molar-refractivity contribution is 6.32. The standard InChI is InChI=1S/C13H8ClN2O3/c14-11-7-6-9(8-12(11)16(18)19)13(17)15-10-4-2-1-3-5-10/h1-4,6-8H,(H,15,17). The van der Waals surface area contributed by atoms with Crippen molar-refractivity contribution >= 4 is 28.9 Å². The van der Waals surface area contributed by atoms with Gasteiger partial charge in [-0.3, -0.25) is 14.9 Å². The van der Waals surface area contributed by atoms with Gasteiger partial charge in [0.05, 0.1) is 4.92 Å². The van der Waals surface area contributed by atoms with Crippen LogP contribution in [-0.2, 0) is 0 Å². The van der Waals surface area contributed by atoms with E-state index in [9.17, 15) is 14.9 Å². The van der Waals surface area contributed by atoms with Crippen LogP contribution in [0.4, 0.5) is 11.4 Å². The summed E-state index contributed by atoms with van der Waals surface area (Å²) in [6.07, 6.45) is 0. The van der Waals surface area contributed by atoms with Crippen molar-refractivity contribution in [2.24, 2.45) is 0 Å². The topological polar surface area (TPSA) is 72.2 Å². The van der Waals surface area contributed by atoms with Crippen molar-refractivity contribution in [3.63, 3.8) is 0 Å². The Balaban J connectivity index is 2.25. The van der Waals surface area contributed by atoms with Crippen LogP contribution in [-0.4, -0.2) is 10.8 Å². The lowest BCUT2D eigenvalue weighted by atomic mass is 10.2. The van der Waals surface area contributed by atoms with Crippen LogP contribution in [0.25, 0.3) is 0 Å². The molecule has 5 nitrogen and oxygen atoms in total. The minimum absolute atomic E-state index is 0.00664. The van der Waals surface area contributed by atoms with Crippen LogP contribution in [0.1, 0.15) is 10.4 Å². The Morgan fingerprint density at radius 2 is 2.11 bits per heavy atom. The fourth-order valence-electron chi connectivity index (χ4n) is 1.46. The molecule has 0 unspecified atom stereocenters. The molecule has 2 aromatic carbocycles. The van der Waals surface area contributed by atoms with Crippen LogP contribution in [0.15, 0.2) is 42.5 Å². The van der Waals surface area contributed by atoms with Gasteiger partial charge in [-0.05, 0) is 18.2 Å². The first kappa shape index (κ1) is 13.0. The molecule has 0 aromatic heterocycles. The molecule has 0 saturated carbocycles. The zero-order valence-electron chi connectivity index (χ0n) is 9.59. The molecule has 0 aliphatic carbocycles. The highest BCUT2D eigenvalue weighted by Gasteiger charge is 2.16. The number of nitro groups is 1. The third-order valence-corrected chi connectivity index (χ3v) is 2.68. The molecule has 0 heterocycles. The number of hydrogen-bond donors (Lipinski definition) is 1. The van der Waals surface area contributed by atoms with Crippen LogP contribution in [0.5, 0.6) is 0 Å². The average Bonchev–Trinajstić information content (AvgIpc) is 2.40. The molecule has 2 aromatic rings. The number of para-hydroxylation sites is 1. The SMILES string of the molecule is O=C(Nc1[c]cccc1)c1ccc(Cl)c([N+](=O)[O-])c1. The van der Waals surface area contributed by atoms with E-state index >= 15 is 0 Å². The molecule has 1 amide bonds. The van der Waals surface area contributed by atoms with Gasteiger partial charge in [-0.25, -0.2) is 0 Å². The maximum Gasteiger partial charge on any atom is 0.288 e. The first-order valence-electron chi connectivity index (χ1n) is 5.30. The molecule has 0 aliphatic rings. The molecule has 0 saturated heterocycles. The lowest BCUT2D eigenvalue weighted by molar-refractivity contribution is -0.384. The second-order valence-corrected chi connectivity index (χ2v) is 4.06. The number of anilines is 1. The first-order valence-corrected chi connectivity index (χ1v) is 5.68. The van der Waals surface area contributed by atoms with Crippen molar-refractivity contribution in [2.75, 3.05) is 5.32 Å². The Morgan fingerprint density at radius 1 is 1.32 bits per heavy atom. The van der Waals surface area contributed by atoms with E-state index in [2.05, 4.69) is 11.4 Å². The van der Waals surface area contributed by atoms with Gasteiger partial charge >= 0.3 is 0 Å². The van der Waals surface area contributed by atoms with Crippen molar-refractivity contribution in [3.8, 4) is 0 Å². The second kappa shape index (κ2) is 5.49. The predicted molar refractivity (Wildman–Crippen MR) is 71.3 cm³/mol. The van der Waals surface area contributed by atoms with Crippen LogP contribution in [0.3, 0.4) is 0 Å². The Hall–Kier alpha value is -2.40. The quantitative estimate of drug-likeness (QED) is 0.690. The molecule has 2 rings (SSSR count).